The number of hydrogen-bond donors (Lipinski definition) is 1. The fourth-order valence-electron chi connectivity index (χ4n) is 3.22. The van der Waals surface area contributed by atoms with Gasteiger partial charge in [-0.25, -0.2) is 0 Å². The average molecular weight is 339 g/mol. The predicted molar refractivity (Wildman–Crippen MR) is 105 cm³/mol. The van der Waals surface area contributed by atoms with E-state index >= 15 is 0 Å². The first-order chi connectivity index (χ1) is 12.2. The maximum absolute atomic E-state index is 11.9. The summed E-state index contributed by atoms with van der Waals surface area (Å²) in [7, 11) is 1.70. The fraction of sp³-hybridized carbons (Fsp3) is 0.409. The molecule has 0 aliphatic heterocycles. The van der Waals surface area contributed by atoms with Crippen molar-refractivity contribution in [2.24, 2.45) is 0 Å². The zero-order valence-electron chi connectivity index (χ0n) is 15.4. The van der Waals surface area contributed by atoms with Crippen molar-refractivity contribution in [2.75, 3.05) is 13.7 Å². The molecule has 3 heteroatoms. The van der Waals surface area contributed by atoms with Crippen LogP contribution in [0.15, 0.2) is 43.0 Å². The molecule has 0 atom stereocenters. The van der Waals surface area contributed by atoms with Crippen LogP contribution in [0, 0.1) is 0 Å². The van der Waals surface area contributed by atoms with Crippen molar-refractivity contribution in [1.82, 2.24) is 5.32 Å². The highest BCUT2D eigenvalue weighted by molar-refractivity contribution is 5.91. The van der Waals surface area contributed by atoms with Gasteiger partial charge in [0, 0.05) is 18.5 Å². The van der Waals surface area contributed by atoms with Crippen molar-refractivity contribution in [1.29, 1.82) is 0 Å². The molecule has 0 radical (unpaired) electrons. The number of benzene rings is 2. The first-order valence-electron chi connectivity index (χ1n) is 9.16. The Morgan fingerprint density at radius 1 is 1.24 bits per heavy atom. The molecule has 3 nitrogen and oxygen atoms in total. The van der Waals surface area contributed by atoms with E-state index in [1.807, 2.05) is 12.1 Å². The largest absolute Gasteiger partial charge is 0.496 e. The van der Waals surface area contributed by atoms with E-state index in [-0.39, 0.29) is 5.91 Å². The van der Waals surface area contributed by atoms with Gasteiger partial charge in [0.05, 0.1) is 7.11 Å². The van der Waals surface area contributed by atoms with E-state index in [2.05, 4.69) is 43.1 Å². The third kappa shape index (κ3) is 5.09. The molecule has 134 valence electrons. The minimum atomic E-state index is 0.151. The third-order valence-electron chi connectivity index (χ3n) is 4.49. The average Bonchev–Trinajstić information content (AvgIpc) is 2.62. The lowest BCUT2D eigenvalue weighted by Gasteiger charge is -2.15. The fourth-order valence-corrected chi connectivity index (χ4v) is 3.22. The summed E-state index contributed by atoms with van der Waals surface area (Å²) in [5.74, 6) is 1.04. The number of rotatable bonds is 10. The van der Waals surface area contributed by atoms with Gasteiger partial charge in [0.25, 0.3) is 0 Å². The minimum Gasteiger partial charge on any atom is -0.496 e. The Kier molecular flexibility index (Phi) is 7.52. The highest BCUT2D eigenvalue weighted by Crippen LogP contribution is 2.31. The number of carbonyl (C=O) groups excluding carboxylic acids is 1. The Bertz CT molecular complexity index is 721. The second-order valence-corrected chi connectivity index (χ2v) is 6.31. The van der Waals surface area contributed by atoms with Crippen LogP contribution in [0.5, 0.6) is 5.75 Å². The molecule has 1 amide bonds. The Morgan fingerprint density at radius 3 is 2.80 bits per heavy atom. The number of methoxy groups -OCH3 is 1. The normalized spacial score (nSPS) is 10.6. The number of nitrogens with one attached hydrogen (secondary N) is 1. The van der Waals surface area contributed by atoms with Gasteiger partial charge in [0.1, 0.15) is 5.75 Å². The van der Waals surface area contributed by atoms with Crippen molar-refractivity contribution in [3.05, 3.63) is 54.1 Å². The number of hydrogen-bond acceptors (Lipinski definition) is 2. The summed E-state index contributed by atoms with van der Waals surface area (Å²) in [6.45, 7) is 6.68. The van der Waals surface area contributed by atoms with Crippen LogP contribution in [0.25, 0.3) is 10.8 Å². The number of carbonyl (C=O) groups is 1. The van der Waals surface area contributed by atoms with Crippen molar-refractivity contribution >= 4 is 16.7 Å². The second kappa shape index (κ2) is 9.87. The van der Waals surface area contributed by atoms with Gasteiger partial charge in [-0.15, -0.1) is 6.58 Å². The summed E-state index contributed by atoms with van der Waals surface area (Å²) in [4.78, 5) is 11.9. The molecular formula is C22H29NO2. The molecule has 0 bridgehead atoms. The zero-order chi connectivity index (χ0) is 18.1. The van der Waals surface area contributed by atoms with Crippen LogP contribution in [0.1, 0.15) is 43.7 Å². The summed E-state index contributed by atoms with van der Waals surface area (Å²) >= 11 is 0. The number of unbranched alkanes of at least 4 members (excludes halogenated alkanes) is 2. The van der Waals surface area contributed by atoms with Crippen LogP contribution < -0.4 is 10.1 Å². The van der Waals surface area contributed by atoms with E-state index in [0.29, 0.717) is 13.0 Å². The molecule has 0 fully saturated rings. The van der Waals surface area contributed by atoms with Crippen LogP contribution in [0.2, 0.25) is 0 Å². The van der Waals surface area contributed by atoms with Gasteiger partial charge in [0.2, 0.25) is 5.91 Å². The van der Waals surface area contributed by atoms with Crippen LogP contribution >= 0.6 is 0 Å². The first-order valence-corrected chi connectivity index (χ1v) is 9.16. The molecule has 0 heterocycles. The lowest BCUT2D eigenvalue weighted by molar-refractivity contribution is -0.121. The van der Waals surface area contributed by atoms with Gasteiger partial charge in [-0.1, -0.05) is 50.1 Å². The van der Waals surface area contributed by atoms with Gasteiger partial charge in [0.15, 0.2) is 0 Å². The molecule has 2 aromatic carbocycles. The van der Waals surface area contributed by atoms with Crippen LogP contribution in [-0.4, -0.2) is 19.6 Å². The number of amides is 1. The number of allylic oxidation sites excluding steroid dienone is 1. The summed E-state index contributed by atoms with van der Waals surface area (Å²) in [5, 5.41) is 5.47. The Hall–Kier alpha value is -2.29. The maximum Gasteiger partial charge on any atom is 0.220 e. The zero-order valence-corrected chi connectivity index (χ0v) is 15.4. The highest BCUT2D eigenvalue weighted by atomic mass is 16.5. The molecule has 0 aliphatic carbocycles. The lowest BCUT2D eigenvalue weighted by atomic mass is 9.95. The summed E-state index contributed by atoms with van der Waals surface area (Å²) in [6, 6.07) is 10.4. The van der Waals surface area contributed by atoms with E-state index < -0.39 is 0 Å². The summed E-state index contributed by atoms with van der Waals surface area (Å²) in [6.07, 6.45) is 7.33. The topological polar surface area (TPSA) is 38.3 Å². The highest BCUT2D eigenvalue weighted by Gasteiger charge is 2.11. The maximum atomic E-state index is 11.9. The number of fused-ring (bicyclic) bond motifs is 1. The molecule has 0 spiro atoms. The standard InChI is InChI=1S/C22H29NO2/c1-4-6-7-12-21(24)23-16-15-18-11-8-10-17-13-14-20(25-3)19(9-5-2)22(17)18/h5,8,10-11,13-14H,2,4,6-7,9,12,15-16H2,1,3H3,(H,23,24). The molecule has 2 aromatic rings. The number of ether oxygens (including phenoxy) is 1. The molecular weight excluding hydrogens is 310 g/mol. The smallest absolute Gasteiger partial charge is 0.220 e. The molecule has 2 rings (SSSR count). The molecule has 0 saturated heterocycles. The second-order valence-electron chi connectivity index (χ2n) is 6.31. The Morgan fingerprint density at radius 2 is 2.08 bits per heavy atom. The van der Waals surface area contributed by atoms with Crippen molar-refractivity contribution in [3.8, 4) is 5.75 Å². The van der Waals surface area contributed by atoms with E-state index in [1.54, 1.807) is 7.11 Å². The van der Waals surface area contributed by atoms with Crippen molar-refractivity contribution in [2.45, 2.75) is 45.4 Å². The molecule has 0 unspecified atom stereocenters. The summed E-state index contributed by atoms with van der Waals surface area (Å²) in [5.41, 5.74) is 2.40. The van der Waals surface area contributed by atoms with Gasteiger partial charge < -0.3 is 10.1 Å². The quantitative estimate of drug-likeness (QED) is 0.498. The molecule has 0 saturated carbocycles. The van der Waals surface area contributed by atoms with Gasteiger partial charge >= 0.3 is 0 Å². The van der Waals surface area contributed by atoms with Crippen molar-refractivity contribution in [3.63, 3.8) is 0 Å². The van der Waals surface area contributed by atoms with Crippen LogP contribution in [0.3, 0.4) is 0 Å². The molecule has 25 heavy (non-hydrogen) atoms. The predicted octanol–water partition coefficient (Wildman–Crippen LogP) is 4.82. The van der Waals surface area contributed by atoms with Gasteiger partial charge in [-0.3, -0.25) is 4.79 Å². The first kappa shape index (κ1) is 19.0. The van der Waals surface area contributed by atoms with Gasteiger partial charge in [-0.2, -0.15) is 0 Å². The monoisotopic (exact) mass is 339 g/mol. The molecule has 1 N–H and O–H groups in total. The third-order valence-corrected chi connectivity index (χ3v) is 4.49. The van der Waals surface area contributed by atoms with E-state index in [4.69, 9.17) is 4.74 Å². The van der Waals surface area contributed by atoms with Crippen molar-refractivity contribution < 1.29 is 9.53 Å². The van der Waals surface area contributed by atoms with Gasteiger partial charge in [-0.05, 0) is 41.7 Å². The van der Waals surface area contributed by atoms with E-state index in [0.717, 1.165) is 37.9 Å². The Balaban J connectivity index is 2.15. The minimum absolute atomic E-state index is 0.151. The summed E-state index contributed by atoms with van der Waals surface area (Å²) < 4.78 is 5.54. The SMILES string of the molecule is C=CCc1c(OC)ccc2cccc(CCNC(=O)CCCCC)c12. The molecule has 0 aromatic heterocycles. The lowest BCUT2D eigenvalue weighted by Crippen LogP contribution is -2.25. The van der Waals surface area contributed by atoms with E-state index in [9.17, 15) is 4.79 Å². The van der Waals surface area contributed by atoms with Crippen LogP contribution in [0.4, 0.5) is 0 Å². The van der Waals surface area contributed by atoms with E-state index in [1.165, 1.54) is 21.9 Å². The molecule has 0 aliphatic rings. The Labute approximate surface area is 151 Å². The van der Waals surface area contributed by atoms with Crippen LogP contribution in [-0.2, 0) is 17.6 Å².